The molecule has 3 rings (SSSR count). The van der Waals surface area contributed by atoms with Crippen molar-refractivity contribution < 1.29 is 9.53 Å². The quantitative estimate of drug-likeness (QED) is 0.576. The summed E-state index contributed by atoms with van der Waals surface area (Å²) in [4.78, 5) is 13.1. The Morgan fingerprint density at radius 3 is 2.46 bits per heavy atom. The zero-order chi connectivity index (χ0) is 19.9. The van der Waals surface area contributed by atoms with Crippen molar-refractivity contribution in [2.24, 2.45) is 0 Å². The molecule has 1 unspecified atom stereocenters. The molecule has 3 nitrogen and oxygen atoms in total. The van der Waals surface area contributed by atoms with Crippen LogP contribution >= 0.6 is 0 Å². The average molecular weight is 371 g/mol. The highest BCUT2D eigenvalue weighted by Gasteiger charge is 2.20. The number of carbonyl (C=O) groups is 1. The highest BCUT2D eigenvalue weighted by atomic mass is 16.5. The minimum atomic E-state index is -0.222. The third kappa shape index (κ3) is 4.32. The lowest BCUT2D eigenvalue weighted by Crippen LogP contribution is -2.30. The van der Waals surface area contributed by atoms with Gasteiger partial charge in [0.15, 0.2) is 0 Å². The largest absolute Gasteiger partial charge is 0.496 e. The van der Waals surface area contributed by atoms with Crippen molar-refractivity contribution in [3.8, 4) is 5.75 Å². The van der Waals surface area contributed by atoms with Gasteiger partial charge in [-0.3, -0.25) is 4.79 Å². The third-order valence-electron chi connectivity index (χ3n) is 4.81. The second kappa shape index (κ2) is 9.05. The number of ether oxygens (including phenoxy) is 1. The van der Waals surface area contributed by atoms with E-state index in [1.165, 1.54) is 0 Å². The van der Waals surface area contributed by atoms with Crippen LogP contribution in [0.2, 0.25) is 0 Å². The van der Waals surface area contributed by atoms with E-state index in [0.29, 0.717) is 12.0 Å². The Morgan fingerprint density at radius 2 is 1.79 bits per heavy atom. The third-order valence-corrected chi connectivity index (χ3v) is 4.81. The number of rotatable bonds is 7. The van der Waals surface area contributed by atoms with E-state index < -0.39 is 0 Å². The molecular formula is C25H25NO2. The van der Waals surface area contributed by atoms with Gasteiger partial charge in [0, 0.05) is 5.56 Å². The predicted octanol–water partition coefficient (Wildman–Crippen LogP) is 5.25. The van der Waals surface area contributed by atoms with E-state index in [4.69, 9.17) is 4.74 Å². The fourth-order valence-electron chi connectivity index (χ4n) is 3.35. The minimum absolute atomic E-state index is 0.120. The molecule has 0 aliphatic heterocycles. The number of aryl methyl sites for hydroxylation is 1. The van der Waals surface area contributed by atoms with Crippen LogP contribution < -0.4 is 10.1 Å². The van der Waals surface area contributed by atoms with Crippen LogP contribution in [0.4, 0.5) is 0 Å². The van der Waals surface area contributed by atoms with Gasteiger partial charge in [-0.1, -0.05) is 60.7 Å². The highest BCUT2D eigenvalue weighted by Crippen LogP contribution is 2.26. The van der Waals surface area contributed by atoms with Gasteiger partial charge in [0.25, 0.3) is 5.91 Å². The Morgan fingerprint density at radius 1 is 1.07 bits per heavy atom. The van der Waals surface area contributed by atoms with E-state index in [9.17, 15) is 4.79 Å². The molecule has 0 fully saturated rings. The fraction of sp³-hybridized carbons (Fsp3) is 0.160. The Labute approximate surface area is 166 Å². The lowest BCUT2D eigenvalue weighted by molar-refractivity contribution is 0.0943. The van der Waals surface area contributed by atoms with E-state index in [0.717, 1.165) is 28.0 Å². The van der Waals surface area contributed by atoms with Crippen molar-refractivity contribution in [2.45, 2.75) is 19.4 Å². The number of allylic oxidation sites excluding steroid dienone is 1. The van der Waals surface area contributed by atoms with E-state index in [-0.39, 0.29) is 11.9 Å². The van der Waals surface area contributed by atoms with Crippen molar-refractivity contribution in [3.05, 3.63) is 113 Å². The molecule has 1 amide bonds. The van der Waals surface area contributed by atoms with Crippen molar-refractivity contribution in [1.29, 1.82) is 0 Å². The van der Waals surface area contributed by atoms with Gasteiger partial charge in [0.1, 0.15) is 5.75 Å². The normalized spacial score (nSPS) is 11.5. The van der Waals surface area contributed by atoms with Crippen molar-refractivity contribution in [1.82, 2.24) is 5.32 Å². The van der Waals surface area contributed by atoms with E-state index in [1.54, 1.807) is 19.3 Å². The second-order valence-corrected chi connectivity index (χ2v) is 6.69. The molecule has 0 heterocycles. The summed E-state index contributed by atoms with van der Waals surface area (Å²) in [6.45, 7) is 5.85. The van der Waals surface area contributed by atoms with Crippen LogP contribution in [0.1, 0.15) is 38.7 Å². The molecule has 0 bridgehead atoms. The zero-order valence-electron chi connectivity index (χ0n) is 16.3. The van der Waals surface area contributed by atoms with Gasteiger partial charge >= 0.3 is 0 Å². The highest BCUT2D eigenvalue weighted by molar-refractivity contribution is 5.95. The topological polar surface area (TPSA) is 38.3 Å². The molecule has 3 aromatic carbocycles. The second-order valence-electron chi connectivity index (χ2n) is 6.69. The van der Waals surface area contributed by atoms with E-state index in [1.807, 2.05) is 54.6 Å². The molecule has 0 radical (unpaired) electrons. The van der Waals surface area contributed by atoms with Crippen LogP contribution in [0.3, 0.4) is 0 Å². The maximum Gasteiger partial charge on any atom is 0.252 e. The summed E-state index contributed by atoms with van der Waals surface area (Å²) in [7, 11) is 1.63. The molecule has 1 atom stereocenters. The summed E-state index contributed by atoms with van der Waals surface area (Å²) in [5.74, 6) is 0.639. The van der Waals surface area contributed by atoms with Gasteiger partial charge in [0.05, 0.1) is 13.2 Å². The van der Waals surface area contributed by atoms with Gasteiger partial charge in [-0.2, -0.15) is 0 Å². The molecule has 0 saturated carbocycles. The number of benzene rings is 3. The summed E-state index contributed by atoms with van der Waals surface area (Å²) in [5.41, 5.74) is 4.81. The average Bonchev–Trinajstić information content (AvgIpc) is 2.73. The number of amides is 1. The number of carbonyl (C=O) groups excluding carboxylic acids is 1. The monoisotopic (exact) mass is 371 g/mol. The van der Waals surface area contributed by atoms with Crippen LogP contribution in [0.5, 0.6) is 5.75 Å². The molecule has 1 N–H and O–H groups in total. The molecule has 3 aromatic rings. The molecule has 0 aliphatic carbocycles. The summed E-state index contributed by atoms with van der Waals surface area (Å²) in [6, 6.07) is 23.4. The van der Waals surface area contributed by atoms with Crippen LogP contribution in [0.15, 0.2) is 85.5 Å². The first kappa shape index (κ1) is 19.4. The number of hydrogen-bond acceptors (Lipinski definition) is 2. The summed E-state index contributed by atoms with van der Waals surface area (Å²) in [5, 5.41) is 3.21. The Bertz CT molecular complexity index is 963. The maximum absolute atomic E-state index is 13.1. The van der Waals surface area contributed by atoms with Gasteiger partial charge in [0.2, 0.25) is 0 Å². The molecule has 0 aliphatic rings. The van der Waals surface area contributed by atoms with E-state index >= 15 is 0 Å². The van der Waals surface area contributed by atoms with E-state index in [2.05, 4.69) is 31.0 Å². The summed E-state index contributed by atoms with van der Waals surface area (Å²) >= 11 is 0. The fourth-order valence-corrected chi connectivity index (χ4v) is 3.35. The molecular weight excluding hydrogens is 346 g/mol. The van der Waals surface area contributed by atoms with Crippen LogP contribution in [-0.4, -0.2) is 13.0 Å². The Hall–Kier alpha value is -3.33. The van der Waals surface area contributed by atoms with Crippen molar-refractivity contribution >= 4 is 5.91 Å². The number of nitrogens with one attached hydrogen (secondary N) is 1. The first-order valence-corrected chi connectivity index (χ1v) is 9.33. The molecule has 0 aromatic heterocycles. The first-order chi connectivity index (χ1) is 13.6. The summed E-state index contributed by atoms with van der Waals surface area (Å²) < 4.78 is 5.39. The Kier molecular flexibility index (Phi) is 6.28. The van der Waals surface area contributed by atoms with Gasteiger partial charge < -0.3 is 10.1 Å². The van der Waals surface area contributed by atoms with Gasteiger partial charge in [-0.25, -0.2) is 0 Å². The van der Waals surface area contributed by atoms with Gasteiger partial charge in [-0.05, 0) is 53.8 Å². The summed E-state index contributed by atoms with van der Waals surface area (Å²) in [6.07, 6.45) is 2.45. The molecule has 142 valence electrons. The number of methoxy groups -OCH3 is 1. The first-order valence-electron chi connectivity index (χ1n) is 9.33. The van der Waals surface area contributed by atoms with Crippen molar-refractivity contribution in [3.63, 3.8) is 0 Å². The standard InChI is InChI=1S/C25H25NO2/c1-4-10-20-17-21(15-16-23(20)28-3)25(27)26-24(19-12-6-5-7-13-19)22-14-9-8-11-18(22)2/h4-9,11-17,24H,1,10H2,2-3H3,(H,26,27). The molecule has 28 heavy (non-hydrogen) atoms. The molecule has 3 heteroatoms. The van der Waals surface area contributed by atoms with Crippen molar-refractivity contribution in [2.75, 3.05) is 7.11 Å². The smallest absolute Gasteiger partial charge is 0.252 e. The molecule has 0 saturated heterocycles. The Balaban J connectivity index is 1.95. The number of hydrogen-bond donors (Lipinski definition) is 1. The van der Waals surface area contributed by atoms with Crippen LogP contribution in [-0.2, 0) is 6.42 Å². The minimum Gasteiger partial charge on any atom is -0.496 e. The van der Waals surface area contributed by atoms with Crippen LogP contribution in [0.25, 0.3) is 0 Å². The molecule has 0 spiro atoms. The maximum atomic E-state index is 13.1. The van der Waals surface area contributed by atoms with Gasteiger partial charge in [-0.15, -0.1) is 6.58 Å². The lowest BCUT2D eigenvalue weighted by Gasteiger charge is -2.22. The predicted molar refractivity (Wildman–Crippen MR) is 114 cm³/mol. The zero-order valence-corrected chi connectivity index (χ0v) is 16.3. The van der Waals surface area contributed by atoms with Crippen LogP contribution in [0, 0.1) is 6.92 Å². The SMILES string of the molecule is C=CCc1cc(C(=O)NC(c2ccccc2)c2ccccc2C)ccc1OC. The lowest BCUT2D eigenvalue weighted by atomic mass is 9.94.